The van der Waals surface area contributed by atoms with E-state index in [4.69, 9.17) is 0 Å². The van der Waals surface area contributed by atoms with Crippen LogP contribution in [-0.4, -0.2) is 40.0 Å². The van der Waals surface area contributed by atoms with Gasteiger partial charge in [0.05, 0.1) is 5.56 Å². The topological polar surface area (TPSA) is 118 Å². The number of anilines is 1. The Morgan fingerprint density at radius 3 is 2.63 bits per heavy atom. The minimum atomic E-state index is -5.79. The van der Waals surface area contributed by atoms with Crippen LogP contribution in [-0.2, 0) is 9.84 Å². The van der Waals surface area contributed by atoms with E-state index >= 15 is 0 Å². The molecule has 0 bridgehead atoms. The average molecular weight is 437 g/mol. The van der Waals surface area contributed by atoms with Gasteiger partial charge in [0.2, 0.25) is 0 Å². The Bertz CT molecular complexity index is 1220. The molecule has 156 valence electrons. The zero-order chi connectivity index (χ0) is 21.5. The number of aromatic nitrogens is 4. The summed E-state index contributed by atoms with van der Waals surface area (Å²) in [6.07, 6.45) is 2.95. The van der Waals surface area contributed by atoms with Crippen LogP contribution in [0.25, 0.3) is 11.4 Å². The Labute approximate surface area is 168 Å². The van der Waals surface area contributed by atoms with Gasteiger partial charge in [0.25, 0.3) is 15.7 Å². The molecule has 1 aliphatic rings. The van der Waals surface area contributed by atoms with E-state index in [2.05, 4.69) is 25.5 Å². The molecule has 2 N–H and O–H groups in total. The predicted molar refractivity (Wildman–Crippen MR) is 99.2 cm³/mol. The molecule has 3 aromatic rings. The number of benzene rings is 1. The number of carbonyl (C=O) groups excluding carboxylic acids is 1. The molecular weight excluding hydrogens is 423 g/mol. The number of H-pyrrole nitrogens is 1. The lowest BCUT2D eigenvalue weighted by Crippen LogP contribution is -2.27. The summed E-state index contributed by atoms with van der Waals surface area (Å²) in [5.74, 6) is 0.511. The number of alkyl halides is 3. The first kappa shape index (κ1) is 20.0. The van der Waals surface area contributed by atoms with Crippen LogP contribution in [0.15, 0.2) is 47.6 Å². The monoisotopic (exact) mass is 437 g/mol. The third-order valence-electron chi connectivity index (χ3n) is 4.42. The number of nitrogens with zero attached hydrogens (tertiary/aromatic N) is 3. The van der Waals surface area contributed by atoms with E-state index in [1.807, 2.05) is 0 Å². The van der Waals surface area contributed by atoms with Crippen LogP contribution in [0.4, 0.5) is 18.9 Å². The molecule has 0 unspecified atom stereocenters. The highest BCUT2D eigenvalue weighted by Gasteiger charge is 2.49. The fourth-order valence-corrected chi connectivity index (χ4v) is 3.63. The normalized spacial score (nSPS) is 14.5. The van der Waals surface area contributed by atoms with E-state index in [0.717, 1.165) is 30.9 Å². The summed E-state index contributed by atoms with van der Waals surface area (Å²) in [6, 6.07) is 8.49. The van der Waals surface area contributed by atoms with Crippen molar-refractivity contribution in [2.75, 3.05) is 5.32 Å². The molecule has 1 aliphatic carbocycles. The standard InChI is InChI=1S/C18H14F3N5O3S/c19-18(20,21)30(28,29)17-13(5-2-8-22-17)16(27)23-12-4-1-3-11(9-12)15-24-14(25-26-15)10-6-7-10/h1-5,8-10H,6-7H2,(H,23,27)(H,24,25,26). The lowest BCUT2D eigenvalue weighted by atomic mass is 10.2. The number of sulfone groups is 1. The van der Waals surface area contributed by atoms with Gasteiger partial charge in [-0.3, -0.25) is 9.89 Å². The van der Waals surface area contributed by atoms with Crippen LogP contribution >= 0.6 is 0 Å². The number of pyridine rings is 1. The summed E-state index contributed by atoms with van der Waals surface area (Å²) in [7, 11) is -5.79. The zero-order valence-corrected chi connectivity index (χ0v) is 16.0. The van der Waals surface area contributed by atoms with E-state index in [1.54, 1.807) is 12.1 Å². The first-order valence-corrected chi connectivity index (χ1v) is 10.3. The van der Waals surface area contributed by atoms with Crippen molar-refractivity contribution in [1.29, 1.82) is 0 Å². The summed E-state index contributed by atoms with van der Waals surface area (Å²) in [5.41, 5.74) is -5.49. The molecule has 0 radical (unpaired) electrons. The lowest BCUT2D eigenvalue weighted by molar-refractivity contribution is -0.0438. The third kappa shape index (κ3) is 3.77. The zero-order valence-electron chi connectivity index (χ0n) is 15.1. The molecule has 8 nitrogen and oxygen atoms in total. The van der Waals surface area contributed by atoms with Gasteiger partial charge in [0, 0.05) is 23.4 Å². The Morgan fingerprint density at radius 2 is 1.93 bits per heavy atom. The van der Waals surface area contributed by atoms with Crippen molar-refractivity contribution in [3.05, 3.63) is 54.0 Å². The van der Waals surface area contributed by atoms with Gasteiger partial charge in [-0.2, -0.15) is 18.3 Å². The van der Waals surface area contributed by atoms with E-state index in [0.29, 0.717) is 17.3 Å². The molecule has 30 heavy (non-hydrogen) atoms. The van der Waals surface area contributed by atoms with E-state index in [-0.39, 0.29) is 5.69 Å². The molecule has 2 heterocycles. The van der Waals surface area contributed by atoms with Crippen LogP contribution < -0.4 is 5.32 Å². The highest BCUT2D eigenvalue weighted by molar-refractivity contribution is 7.92. The Balaban J connectivity index is 1.61. The smallest absolute Gasteiger partial charge is 0.322 e. The highest BCUT2D eigenvalue weighted by atomic mass is 32.2. The van der Waals surface area contributed by atoms with Gasteiger partial charge in [0.1, 0.15) is 5.82 Å². The summed E-state index contributed by atoms with van der Waals surface area (Å²) in [4.78, 5) is 20.2. The molecule has 1 amide bonds. The van der Waals surface area contributed by atoms with Gasteiger partial charge in [-0.05, 0) is 37.1 Å². The van der Waals surface area contributed by atoms with E-state index in [9.17, 15) is 26.4 Å². The van der Waals surface area contributed by atoms with Crippen LogP contribution in [0, 0.1) is 0 Å². The van der Waals surface area contributed by atoms with E-state index in [1.165, 1.54) is 18.2 Å². The second-order valence-corrected chi connectivity index (χ2v) is 8.52. The SMILES string of the molecule is O=C(Nc1cccc(-c2n[nH]c(C3CC3)n2)c1)c1cccnc1S(=O)(=O)C(F)(F)F. The lowest BCUT2D eigenvalue weighted by Gasteiger charge is -2.12. The average Bonchev–Trinajstić information content (AvgIpc) is 3.44. The van der Waals surface area contributed by atoms with Gasteiger partial charge in [-0.25, -0.2) is 18.4 Å². The predicted octanol–water partition coefficient (Wildman–Crippen LogP) is 3.29. The van der Waals surface area contributed by atoms with Gasteiger partial charge in [-0.1, -0.05) is 12.1 Å². The molecular formula is C18H14F3N5O3S. The number of rotatable bonds is 5. The first-order chi connectivity index (χ1) is 14.2. The number of carbonyl (C=O) groups is 1. The van der Waals surface area contributed by atoms with Crippen molar-refractivity contribution < 1.29 is 26.4 Å². The fourth-order valence-electron chi connectivity index (χ4n) is 2.76. The third-order valence-corrected chi connectivity index (χ3v) is 5.86. The highest BCUT2D eigenvalue weighted by Crippen LogP contribution is 2.38. The maximum Gasteiger partial charge on any atom is 0.503 e. The van der Waals surface area contributed by atoms with E-state index < -0.39 is 31.8 Å². The number of nitrogens with one attached hydrogen (secondary N) is 2. The second-order valence-electron chi connectivity index (χ2n) is 6.66. The molecule has 2 aromatic heterocycles. The van der Waals surface area contributed by atoms with Crippen molar-refractivity contribution in [3.8, 4) is 11.4 Å². The second kappa shape index (κ2) is 7.20. The molecule has 1 aromatic carbocycles. The molecule has 0 aliphatic heterocycles. The van der Waals surface area contributed by atoms with Gasteiger partial charge in [0.15, 0.2) is 10.9 Å². The minimum absolute atomic E-state index is 0.231. The van der Waals surface area contributed by atoms with Gasteiger partial charge < -0.3 is 5.32 Å². The van der Waals surface area contributed by atoms with Crippen molar-refractivity contribution >= 4 is 21.4 Å². The summed E-state index contributed by atoms with van der Waals surface area (Å²) >= 11 is 0. The molecule has 0 atom stereocenters. The molecule has 0 spiro atoms. The minimum Gasteiger partial charge on any atom is -0.322 e. The Morgan fingerprint density at radius 1 is 1.17 bits per heavy atom. The number of amides is 1. The number of hydrogen-bond acceptors (Lipinski definition) is 6. The summed E-state index contributed by atoms with van der Waals surface area (Å²) < 4.78 is 62.2. The van der Waals surface area contributed by atoms with Crippen molar-refractivity contribution in [2.24, 2.45) is 0 Å². The maximum absolute atomic E-state index is 12.9. The molecule has 0 saturated heterocycles. The van der Waals surface area contributed by atoms with Gasteiger partial charge >= 0.3 is 5.51 Å². The summed E-state index contributed by atoms with van der Waals surface area (Å²) in [6.45, 7) is 0. The molecule has 1 saturated carbocycles. The Hall–Kier alpha value is -3.28. The van der Waals surface area contributed by atoms with Crippen LogP contribution in [0.1, 0.15) is 34.9 Å². The van der Waals surface area contributed by atoms with Gasteiger partial charge in [-0.15, -0.1) is 0 Å². The largest absolute Gasteiger partial charge is 0.503 e. The maximum atomic E-state index is 12.9. The van der Waals surface area contributed by atoms with Crippen molar-refractivity contribution in [3.63, 3.8) is 0 Å². The quantitative estimate of drug-likeness (QED) is 0.633. The first-order valence-electron chi connectivity index (χ1n) is 8.77. The number of halogens is 3. The van der Waals surface area contributed by atoms with Crippen molar-refractivity contribution in [2.45, 2.75) is 29.3 Å². The fraction of sp³-hybridized carbons (Fsp3) is 0.222. The van der Waals surface area contributed by atoms with Crippen LogP contribution in [0.2, 0.25) is 0 Å². The van der Waals surface area contributed by atoms with Crippen LogP contribution in [0.3, 0.4) is 0 Å². The number of hydrogen-bond donors (Lipinski definition) is 2. The number of aromatic amines is 1. The van der Waals surface area contributed by atoms with Crippen molar-refractivity contribution in [1.82, 2.24) is 20.2 Å². The Kier molecular flexibility index (Phi) is 4.80. The molecule has 4 rings (SSSR count). The summed E-state index contributed by atoms with van der Waals surface area (Å²) in [5, 5.41) is 8.04. The molecule has 1 fully saturated rings. The molecule has 12 heteroatoms. The van der Waals surface area contributed by atoms with Crippen LogP contribution in [0.5, 0.6) is 0 Å².